The third-order valence-corrected chi connectivity index (χ3v) is 4.72. The summed E-state index contributed by atoms with van der Waals surface area (Å²) in [5.41, 5.74) is 4.40. The number of Topliss-reactive ketones (excluding diaryl/α,β-unsaturated/α-hetero) is 1. The molecule has 4 rings (SSSR count). The van der Waals surface area contributed by atoms with E-state index in [9.17, 15) is 4.79 Å². The maximum atomic E-state index is 12.6. The van der Waals surface area contributed by atoms with E-state index in [0.29, 0.717) is 6.61 Å². The summed E-state index contributed by atoms with van der Waals surface area (Å²) in [4.78, 5) is 17.3. The smallest absolute Gasteiger partial charge is 0.209 e. The van der Waals surface area contributed by atoms with Crippen LogP contribution >= 0.6 is 0 Å². The number of rotatable bonds is 4. The summed E-state index contributed by atoms with van der Waals surface area (Å²) < 4.78 is 7.96. The molecule has 1 N–H and O–H groups in total. The molecular formula is C21H21N3O2. The van der Waals surface area contributed by atoms with Crippen molar-refractivity contribution in [1.29, 1.82) is 0 Å². The fourth-order valence-electron chi connectivity index (χ4n) is 3.71. The molecule has 26 heavy (non-hydrogen) atoms. The van der Waals surface area contributed by atoms with Gasteiger partial charge in [-0.15, -0.1) is 0 Å². The lowest BCUT2D eigenvalue weighted by atomic mass is 9.92. The van der Waals surface area contributed by atoms with Crippen molar-refractivity contribution >= 4 is 22.8 Å². The Bertz CT molecular complexity index is 1030. The zero-order valence-corrected chi connectivity index (χ0v) is 15.1. The number of benzene rings is 2. The number of allylic oxidation sites excluding steroid dienone is 2. The number of para-hydroxylation sites is 3. The molecule has 0 bridgehead atoms. The zero-order valence-electron chi connectivity index (χ0n) is 15.1. The van der Waals surface area contributed by atoms with Gasteiger partial charge in [0.2, 0.25) is 5.95 Å². The van der Waals surface area contributed by atoms with E-state index in [1.165, 1.54) is 0 Å². The minimum absolute atomic E-state index is 0.0368. The van der Waals surface area contributed by atoms with Crippen molar-refractivity contribution in [1.82, 2.24) is 9.55 Å². The molecule has 5 heteroatoms. The van der Waals surface area contributed by atoms with E-state index in [4.69, 9.17) is 9.72 Å². The van der Waals surface area contributed by atoms with E-state index in [1.54, 1.807) is 6.92 Å². The molecule has 0 radical (unpaired) electrons. The number of anilines is 1. The average Bonchev–Trinajstić information content (AvgIpc) is 2.99. The topological polar surface area (TPSA) is 56.1 Å². The van der Waals surface area contributed by atoms with Crippen LogP contribution in [0.25, 0.3) is 11.0 Å². The van der Waals surface area contributed by atoms with Gasteiger partial charge in [0, 0.05) is 16.8 Å². The zero-order chi connectivity index (χ0) is 18.3. The number of nitrogens with one attached hydrogen (secondary N) is 1. The summed E-state index contributed by atoms with van der Waals surface area (Å²) in [5, 5.41) is 3.30. The van der Waals surface area contributed by atoms with Crippen LogP contribution < -0.4 is 10.1 Å². The van der Waals surface area contributed by atoms with Crippen LogP contribution in [-0.2, 0) is 4.79 Å². The molecule has 1 aliphatic heterocycles. The minimum atomic E-state index is -0.279. The Morgan fingerprint density at radius 2 is 1.92 bits per heavy atom. The molecule has 0 saturated heterocycles. The first-order chi connectivity index (χ1) is 12.6. The van der Waals surface area contributed by atoms with Crippen molar-refractivity contribution < 1.29 is 9.53 Å². The quantitative estimate of drug-likeness (QED) is 0.764. The number of aromatic nitrogens is 2. The number of hydrogen-bond acceptors (Lipinski definition) is 4. The van der Waals surface area contributed by atoms with E-state index in [1.807, 2.05) is 62.4 Å². The van der Waals surface area contributed by atoms with E-state index in [-0.39, 0.29) is 11.8 Å². The summed E-state index contributed by atoms with van der Waals surface area (Å²) in [6, 6.07) is 15.6. The lowest BCUT2D eigenvalue weighted by Gasteiger charge is -2.31. The number of ether oxygens (including phenoxy) is 1. The number of fused-ring (bicyclic) bond motifs is 3. The summed E-state index contributed by atoms with van der Waals surface area (Å²) in [5.74, 6) is 1.57. The number of imidazole rings is 1. The molecule has 5 nitrogen and oxygen atoms in total. The van der Waals surface area contributed by atoms with Crippen LogP contribution in [0.1, 0.15) is 32.4 Å². The molecule has 0 spiro atoms. The predicted molar refractivity (Wildman–Crippen MR) is 102 cm³/mol. The Morgan fingerprint density at radius 3 is 2.69 bits per heavy atom. The number of nitrogens with zero attached hydrogens (tertiary/aromatic N) is 2. The van der Waals surface area contributed by atoms with E-state index in [2.05, 4.69) is 9.88 Å². The highest BCUT2D eigenvalue weighted by Crippen LogP contribution is 2.42. The SMILES string of the molecule is CCOc1ccccc1[C@H]1C(C(C)=O)=C(C)Nc2nc3ccccc3n21. The molecule has 2 aromatic carbocycles. The Morgan fingerprint density at radius 1 is 1.19 bits per heavy atom. The van der Waals surface area contributed by atoms with Gasteiger partial charge in [-0.1, -0.05) is 30.3 Å². The van der Waals surface area contributed by atoms with Crippen LogP contribution in [0.5, 0.6) is 5.75 Å². The molecular weight excluding hydrogens is 326 g/mol. The van der Waals surface area contributed by atoms with Gasteiger partial charge in [-0.05, 0) is 39.0 Å². The molecule has 0 unspecified atom stereocenters. The molecule has 1 aliphatic rings. The monoisotopic (exact) mass is 347 g/mol. The second-order valence-corrected chi connectivity index (χ2v) is 6.39. The lowest BCUT2D eigenvalue weighted by Crippen LogP contribution is -2.27. The molecule has 0 saturated carbocycles. The summed E-state index contributed by atoms with van der Waals surface area (Å²) in [6.45, 7) is 6.07. The van der Waals surface area contributed by atoms with Crippen LogP contribution in [-0.4, -0.2) is 21.9 Å². The highest BCUT2D eigenvalue weighted by molar-refractivity contribution is 5.97. The Hall–Kier alpha value is -3.08. The van der Waals surface area contributed by atoms with Crippen LogP contribution in [0.2, 0.25) is 0 Å². The maximum absolute atomic E-state index is 12.6. The first kappa shape index (κ1) is 16.4. The number of carbonyl (C=O) groups is 1. The summed E-state index contributed by atoms with van der Waals surface area (Å²) in [7, 11) is 0. The van der Waals surface area contributed by atoms with Crippen molar-refractivity contribution in [2.24, 2.45) is 0 Å². The molecule has 132 valence electrons. The van der Waals surface area contributed by atoms with Crippen molar-refractivity contribution in [3.05, 3.63) is 65.4 Å². The third-order valence-electron chi connectivity index (χ3n) is 4.72. The van der Waals surface area contributed by atoms with Crippen molar-refractivity contribution in [3.63, 3.8) is 0 Å². The molecule has 1 aromatic heterocycles. The van der Waals surface area contributed by atoms with Gasteiger partial charge >= 0.3 is 0 Å². The molecule has 0 amide bonds. The average molecular weight is 347 g/mol. The molecule has 1 atom stereocenters. The van der Waals surface area contributed by atoms with Gasteiger partial charge in [0.05, 0.1) is 23.7 Å². The van der Waals surface area contributed by atoms with Gasteiger partial charge in [0.25, 0.3) is 0 Å². The van der Waals surface area contributed by atoms with Gasteiger partial charge in [-0.25, -0.2) is 4.98 Å². The highest BCUT2D eigenvalue weighted by Gasteiger charge is 2.33. The molecule has 0 fully saturated rings. The number of hydrogen-bond donors (Lipinski definition) is 1. The van der Waals surface area contributed by atoms with E-state index < -0.39 is 0 Å². The first-order valence-electron chi connectivity index (χ1n) is 8.79. The Balaban J connectivity index is 2.03. The van der Waals surface area contributed by atoms with E-state index >= 15 is 0 Å². The fourth-order valence-corrected chi connectivity index (χ4v) is 3.71. The van der Waals surface area contributed by atoms with Crippen LogP contribution in [0.4, 0.5) is 5.95 Å². The van der Waals surface area contributed by atoms with Crippen molar-refractivity contribution in [2.45, 2.75) is 26.8 Å². The van der Waals surface area contributed by atoms with Crippen LogP contribution in [0, 0.1) is 0 Å². The number of ketones is 1. The van der Waals surface area contributed by atoms with Gasteiger partial charge in [0.15, 0.2) is 5.78 Å². The molecule has 2 heterocycles. The predicted octanol–water partition coefficient (Wildman–Crippen LogP) is 4.31. The van der Waals surface area contributed by atoms with Gasteiger partial charge in [-0.3, -0.25) is 9.36 Å². The minimum Gasteiger partial charge on any atom is -0.494 e. The molecule has 0 aliphatic carbocycles. The van der Waals surface area contributed by atoms with Crippen LogP contribution in [0.15, 0.2) is 59.8 Å². The second kappa shape index (κ2) is 6.33. The van der Waals surface area contributed by atoms with Gasteiger partial charge in [0.1, 0.15) is 5.75 Å². The number of carbonyl (C=O) groups excluding carboxylic acids is 1. The van der Waals surface area contributed by atoms with Crippen LogP contribution in [0.3, 0.4) is 0 Å². The summed E-state index contributed by atoms with van der Waals surface area (Å²) >= 11 is 0. The fraction of sp³-hybridized carbons (Fsp3) is 0.238. The summed E-state index contributed by atoms with van der Waals surface area (Å²) in [6.07, 6.45) is 0. The van der Waals surface area contributed by atoms with E-state index in [0.717, 1.165) is 39.6 Å². The Kier molecular flexibility index (Phi) is 3.99. The third kappa shape index (κ3) is 2.47. The normalized spacial score (nSPS) is 16.3. The second-order valence-electron chi connectivity index (χ2n) is 6.39. The van der Waals surface area contributed by atoms with Crippen molar-refractivity contribution in [3.8, 4) is 5.75 Å². The maximum Gasteiger partial charge on any atom is 0.209 e. The first-order valence-corrected chi connectivity index (χ1v) is 8.79. The van der Waals surface area contributed by atoms with Crippen molar-refractivity contribution in [2.75, 3.05) is 11.9 Å². The highest BCUT2D eigenvalue weighted by atomic mass is 16.5. The standard InChI is InChI=1S/C21H21N3O2/c1-4-26-18-12-8-5-9-15(18)20-19(14(3)25)13(2)22-21-23-16-10-6-7-11-17(16)24(20)21/h5-12,20H,4H2,1-3H3,(H,22,23)/t20-/m0/s1. The van der Waals surface area contributed by atoms with Gasteiger partial charge < -0.3 is 10.1 Å². The lowest BCUT2D eigenvalue weighted by molar-refractivity contribution is -0.114. The molecule has 3 aromatic rings. The van der Waals surface area contributed by atoms with Gasteiger partial charge in [-0.2, -0.15) is 0 Å². The Labute approximate surface area is 152 Å². The largest absolute Gasteiger partial charge is 0.494 e.